The van der Waals surface area contributed by atoms with Crippen LogP contribution < -0.4 is 10.9 Å². The zero-order chi connectivity index (χ0) is 19.4. The van der Waals surface area contributed by atoms with Gasteiger partial charge in [0.15, 0.2) is 0 Å². The number of carbonyl (C=O) groups is 1. The molecular formula is C20H21ClN4O2. The summed E-state index contributed by atoms with van der Waals surface area (Å²) < 4.78 is 0. The van der Waals surface area contributed by atoms with Gasteiger partial charge in [0.05, 0.1) is 23.5 Å². The van der Waals surface area contributed by atoms with Gasteiger partial charge in [0, 0.05) is 10.7 Å². The molecule has 1 atom stereocenters. The van der Waals surface area contributed by atoms with Gasteiger partial charge < -0.3 is 10.3 Å². The lowest BCUT2D eigenvalue weighted by atomic mass is 10.2. The fourth-order valence-corrected chi connectivity index (χ4v) is 3.09. The number of halogens is 1. The second kappa shape index (κ2) is 8.33. The fraction of sp³-hybridized carbons (Fsp3) is 0.250. The van der Waals surface area contributed by atoms with Crippen LogP contribution in [0.2, 0.25) is 5.02 Å². The molecule has 3 aromatic rings. The first-order chi connectivity index (χ1) is 13.0. The molecule has 0 radical (unpaired) electrons. The normalized spacial score (nSPS) is 12.3. The van der Waals surface area contributed by atoms with Crippen LogP contribution in [-0.4, -0.2) is 33.4 Å². The van der Waals surface area contributed by atoms with Gasteiger partial charge in [-0.25, -0.2) is 4.98 Å². The van der Waals surface area contributed by atoms with E-state index >= 15 is 0 Å². The summed E-state index contributed by atoms with van der Waals surface area (Å²) in [5.74, 6) is 0.380. The molecule has 1 heterocycles. The highest BCUT2D eigenvalue weighted by atomic mass is 35.5. The number of benzene rings is 2. The number of hydrogen-bond donors (Lipinski definition) is 2. The number of anilines is 1. The van der Waals surface area contributed by atoms with Crippen LogP contribution in [0.15, 0.2) is 53.3 Å². The molecule has 0 spiro atoms. The van der Waals surface area contributed by atoms with Crippen molar-refractivity contribution < 1.29 is 4.79 Å². The molecule has 0 bridgehead atoms. The van der Waals surface area contributed by atoms with Gasteiger partial charge >= 0.3 is 0 Å². The third-order valence-electron chi connectivity index (χ3n) is 4.44. The monoisotopic (exact) mass is 384 g/mol. The number of para-hydroxylation sites is 1. The molecule has 140 valence electrons. The maximum Gasteiger partial charge on any atom is 0.258 e. The Morgan fingerprint density at radius 2 is 2.04 bits per heavy atom. The van der Waals surface area contributed by atoms with Crippen LogP contribution in [0.4, 0.5) is 5.69 Å². The minimum absolute atomic E-state index is 0.151. The first-order valence-electron chi connectivity index (χ1n) is 8.76. The third-order valence-corrected chi connectivity index (χ3v) is 4.68. The van der Waals surface area contributed by atoms with Crippen molar-refractivity contribution in [1.29, 1.82) is 0 Å². The van der Waals surface area contributed by atoms with Crippen LogP contribution >= 0.6 is 11.6 Å². The first kappa shape index (κ1) is 19.1. The predicted molar refractivity (Wildman–Crippen MR) is 108 cm³/mol. The van der Waals surface area contributed by atoms with Gasteiger partial charge in [-0.3, -0.25) is 14.5 Å². The van der Waals surface area contributed by atoms with Crippen molar-refractivity contribution >= 4 is 34.1 Å². The molecule has 0 fully saturated rings. The Bertz CT molecular complexity index is 1020. The van der Waals surface area contributed by atoms with E-state index in [0.717, 1.165) is 0 Å². The van der Waals surface area contributed by atoms with E-state index in [4.69, 9.17) is 11.6 Å². The lowest BCUT2D eigenvalue weighted by Gasteiger charge is -2.26. The molecule has 0 aliphatic rings. The van der Waals surface area contributed by atoms with E-state index in [9.17, 15) is 9.59 Å². The second-order valence-corrected chi connectivity index (χ2v) is 6.70. The molecule has 0 aliphatic heterocycles. The number of likely N-dealkylation sites (N-methyl/N-ethyl adjacent to an activating group) is 1. The smallest absolute Gasteiger partial charge is 0.258 e. The predicted octanol–water partition coefficient (Wildman–Crippen LogP) is 3.43. The SMILES string of the molecule is CCN(Cc1nc2ccccc2c(=O)[nH]1)C(C)C(=O)Nc1cccc(Cl)c1. The summed E-state index contributed by atoms with van der Waals surface area (Å²) in [5.41, 5.74) is 1.11. The maximum atomic E-state index is 12.6. The Morgan fingerprint density at radius 1 is 1.26 bits per heavy atom. The van der Waals surface area contributed by atoms with Crippen LogP contribution in [0.1, 0.15) is 19.7 Å². The highest BCUT2D eigenvalue weighted by Crippen LogP contribution is 2.16. The molecule has 7 heteroatoms. The number of fused-ring (bicyclic) bond motifs is 1. The summed E-state index contributed by atoms with van der Waals surface area (Å²) in [7, 11) is 0. The van der Waals surface area contributed by atoms with Crippen molar-refractivity contribution in [1.82, 2.24) is 14.9 Å². The van der Waals surface area contributed by atoms with Crippen LogP contribution in [0.3, 0.4) is 0 Å². The Labute approximate surface area is 162 Å². The summed E-state index contributed by atoms with van der Waals surface area (Å²) in [4.78, 5) is 34.1. The minimum atomic E-state index is -0.411. The van der Waals surface area contributed by atoms with Crippen molar-refractivity contribution in [2.24, 2.45) is 0 Å². The number of rotatable bonds is 6. The Hall–Kier alpha value is -2.70. The van der Waals surface area contributed by atoms with E-state index < -0.39 is 6.04 Å². The molecule has 0 saturated heterocycles. The zero-order valence-corrected chi connectivity index (χ0v) is 16.0. The molecule has 3 rings (SSSR count). The van der Waals surface area contributed by atoms with Crippen molar-refractivity contribution in [3.8, 4) is 0 Å². The molecule has 1 aromatic heterocycles. The molecule has 1 unspecified atom stereocenters. The number of aromatic amines is 1. The van der Waals surface area contributed by atoms with Gasteiger partial charge in [0.1, 0.15) is 5.82 Å². The minimum Gasteiger partial charge on any atom is -0.325 e. The summed E-state index contributed by atoms with van der Waals surface area (Å²) in [5, 5.41) is 3.98. The molecule has 6 nitrogen and oxygen atoms in total. The van der Waals surface area contributed by atoms with Gasteiger partial charge in [-0.05, 0) is 43.8 Å². The van der Waals surface area contributed by atoms with Gasteiger partial charge in [-0.15, -0.1) is 0 Å². The van der Waals surface area contributed by atoms with E-state index in [1.165, 1.54) is 0 Å². The standard InChI is InChI=1S/C20H21ClN4O2/c1-3-25(13(2)19(26)22-15-8-6-7-14(21)11-15)12-18-23-17-10-5-4-9-16(17)20(27)24-18/h4-11,13H,3,12H2,1-2H3,(H,22,26)(H,23,24,27). The third kappa shape index (κ3) is 4.53. The van der Waals surface area contributed by atoms with E-state index in [2.05, 4.69) is 15.3 Å². The second-order valence-electron chi connectivity index (χ2n) is 6.27. The lowest BCUT2D eigenvalue weighted by molar-refractivity contribution is -0.120. The highest BCUT2D eigenvalue weighted by Gasteiger charge is 2.21. The largest absolute Gasteiger partial charge is 0.325 e. The van der Waals surface area contributed by atoms with Crippen LogP contribution in [0.25, 0.3) is 10.9 Å². The Balaban J connectivity index is 1.76. The van der Waals surface area contributed by atoms with Crippen molar-refractivity contribution in [3.05, 3.63) is 69.7 Å². The lowest BCUT2D eigenvalue weighted by Crippen LogP contribution is -2.42. The Kier molecular flexibility index (Phi) is 5.88. The quantitative estimate of drug-likeness (QED) is 0.682. The van der Waals surface area contributed by atoms with Crippen LogP contribution in [0.5, 0.6) is 0 Å². The zero-order valence-electron chi connectivity index (χ0n) is 15.2. The number of nitrogens with zero attached hydrogens (tertiary/aromatic N) is 2. The molecule has 2 aromatic carbocycles. The van der Waals surface area contributed by atoms with Gasteiger partial charge in [0.2, 0.25) is 5.91 Å². The number of aromatic nitrogens is 2. The van der Waals surface area contributed by atoms with Gasteiger partial charge in [-0.1, -0.05) is 36.7 Å². The average Bonchev–Trinajstić information content (AvgIpc) is 2.65. The van der Waals surface area contributed by atoms with E-state index in [0.29, 0.717) is 40.5 Å². The number of H-pyrrole nitrogens is 1. The van der Waals surface area contributed by atoms with Crippen LogP contribution in [-0.2, 0) is 11.3 Å². The maximum absolute atomic E-state index is 12.6. The first-order valence-corrected chi connectivity index (χ1v) is 9.14. The molecule has 0 saturated carbocycles. The molecular weight excluding hydrogens is 364 g/mol. The molecule has 27 heavy (non-hydrogen) atoms. The van der Waals surface area contributed by atoms with Crippen LogP contribution in [0, 0.1) is 0 Å². The summed E-state index contributed by atoms with van der Waals surface area (Å²) in [6, 6.07) is 13.8. The molecule has 1 amide bonds. The topological polar surface area (TPSA) is 78.1 Å². The number of carbonyl (C=O) groups excluding carboxylic acids is 1. The average molecular weight is 385 g/mol. The summed E-state index contributed by atoms with van der Waals surface area (Å²) in [6.45, 7) is 4.77. The van der Waals surface area contributed by atoms with E-state index in [-0.39, 0.29) is 11.5 Å². The number of nitrogens with one attached hydrogen (secondary N) is 2. The fourth-order valence-electron chi connectivity index (χ4n) is 2.90. The number of hydrogen-bond acceptors (Lipinski definition) is 4. The van der Waals surface area contributed by atoms with Crippen molar-refractivity contribution in [3.63, 3.8) is 0 Å². The van der Waals surface area contributed by atoms with Gasteiger partial charge in [0.25, 0.3) is 5.56 Å². The summed E-state index contributed by atoms with van der Waals surface area (Å²) in [6.07, 6.45) is 0. The van der Waals surface area contributed by atoms with E-state index in [1.807, 2.05) is 24.8 Å². The highest BCUT2D eigenvalue weighted by molar-refractivity contribution is 6.30. The number of amides is 1. The molecule has 2 N–H and O–H groups in total. The molecule has 0 aliphatic carbocycles. The van der Waals surface area contributed by atoms with Gasteiger partial charge in [-0.2, -0.15) is 0 Å². The van der Waals surface area contributed by atoms with E-state index in [1.54, 1.807) is 42.5 Å². The van der Waals surface area contributed by atoms with Crippen molar-refractivity contribution in [2.75, 3.05) is 11.9 Å². The Morgan fingerprint density at radius 3 is 2.78 bits per heavy atom. The summed E-state index contributed by atoms with van der Waals surface area (Å²) >= 11 is 5.96. The van der Waals surface area contributed by atoms with Crippen molar-refractivity contribution in [2.45, 2.75) is 26.4 Å².